The van der Waals surface area contributed by atoms with Crippen LogP contribution in [0.3, 0.4) is 0 Å². The summed E-state index contributed by atoms with van der Waals surface area (Å²) < 4.78 is 0. The first-order valence-electron chi connectivity index (χ1n) is 33.2. The van der Waals surface area contributed by atoms with Gasteiger partial charge < -0.3 is 9.80 Å². The van der Waals surface area contributed by atoms with E-state index in [1.54, 1.807) is 0 Å². The summed E-state index contributed by atoms with van der Waals surface area (Å²) in [4.78, 5) is 4.99. The highest BCUT2D eigenvalue weighted by Crippen LogP contribution is 2.52. The average molecular weight is 1220 g/mol. The molecule has 14 rings (SSSR count). The van der Waals surface area contributed by atoms with Gasteiger partial charge in [-0.25, -0.2) is 0 Å². The topological polar surface area (TPSA) is 6.48 Å². The van der Waals surface area contributed by atoms with Crippen LogP contribution in [0.4, 0.5) is 34.1 Å². The van der Waals surface area contributed by atoms with Gasteiger partial charge in [-0.3, -0.25) is 0 Å². The van der Waals surface area contributed by atoms with Crippen molar-refractivity contribution in [3.05, 3.63) is 357 Å². The Morgan fingerprint density at radius 3 is 0.958 bits per heavy atom. The van der Waals surface area contributed by atoms with E-state index in [9.17, 15) is 0 Å². The highest BCUT2D eigenvalue weighted by Gasteiger charge is 2.26. The Morgan fingerprint density at radius 2 is 0.568 bits per heavy atom. The van der Waals surface area contributed by atoms with Crippen LogP contribution in [0.5, 0.6) is 0 Å². The van der Waals surface area contributed by atoms with E-state index in [-0.39, 0.29) is 0 Å². The zero-order valence-electron chi connectivity index (χ0n) is 55.8. The molecule has 0 saturated carbocycles. The molecule has 2 nitrogen and oxygen atoms in total. The van der Waals surface area contributed by atoms with Crippen LogP contribution in [0.15, 0.2) is 285 Å². The number of benzene rings is 14. The molecule has 2 heteroatoms. The smallest absolute Gasteiger partial charge is 0.0618 e. The van der Waals surface area contributed by atoms with Gasteiger partial charge in [-0.1, -0.05) is 277 Å². The van der Waals surface area contributed by atoms with Gasteiger partial charge in [-0.05, 0) is 222 Å². The van der Waals surface area contributed by atoms with E-state index in [1.807, 2.05) is 0 Å². The van der Waals surface area contributed by atoms with E-state index >= 15 is 0 Å². The molecule has 14 aromatic carbocycles. The third kappa shape index (κ3) is 12.6. The summed E-state index contributed by atoms with van der Waals surface area (Å²) in [5, 5.41) is 9.43. The minimum absolute atomic E-state index is 1.07. The van der Waals surface area contributed by atoms with Gasteiger partial charge in [-0.2, -0.15) is 0 Å². The lowest BCUT2D eigenvalue weighted by Gasteiger charge is -2.31. The van der Waals surface area contributed by atoms with E-state index < -0.39 is 0 Å². The summed E-state index contributed by atoms with van der Waals surface area (Å²) in [7, 11) is 0. The molecule has 0 N–H and O–H groups in total. The highest BCUT2D eigenvalue weighted by atomic mass is 15.2. The maximum atomic E-state index is 2.50. The molecule has 0 aromatic heterocycles. The fraction of sp³-hybridized carbons (Fsp3) is 0.0968. The van der Waals surface area contributed by atoms with E-state index in [4.69, 9.17) is 0 Å². The minimum atomic E-state index is 1.07. The first-order chi connectivity index (χ1) is 46.3. The third-order valence-corrected chi connectivity index (χ3v) is 19.0. The molecule has 95 heavy (non-hydrogen) atoms. The zero-order valence-corrected chi connectivity index (χ0v) is 55.8. The fourth-order valence-corrected chi connectivity index (χ4v) is 13.7. The minimum Gasteiger partial charge on any atom is -0.309 e. The number of nitrogens with zero attached hydrogens (tertiary/aromatic N) is 2. The Labute approximate surface area is 561 Å². The van der Waals surface area contributed by atoms with E-state index in [1.165, 1.54) is 116 Å². The van der Waals surface area contributed by atoms with Crippen molar-refractivity contribution in [1.82, 2.24) is 0 Å². The standard InChI is InChI=1S/C93H78N2/c1-61-24-40-74(41-25-61)66(6)56-70-32-48-79(49-33-70)94(80-50-34-71(35-51-80)57-67(7)75-42-26-62(2)27-43-75)92-83-18-11-10-17-78(83)60-89-85(21-15-22-87(89)92)91-84-19-12-13-20-86(84)93(88-23-14-16-65(5)90(88)91)95(81-52-36-72(37-53-81)58-68(8)76-44-28-63(3)29-45-76)82-54-38-73(39-55-82)59-69(9)77-46-30-64(4)31-47-77/h10-60H,1-9H3/b66-56+,67-57+,68-58+,69-59+. The van der Waals surface area contributed by atoms with Gasteiger partial charge in [0, 0.05) is 44.3 Å². The maximum Gasteiger partial charge on any atom is 0.0618 e. The van der Waals surface area contributed by atoms with Gasteiger partial charge in [0.1, 0.15) is 0 Å². The van der Waals surface area contributed by atoms with E-state index in [0.717, 1.165) is 67.2 Å². The predicted octanol–water partition coefficient (Wildman–Crippen LogP) is 26.7. The molecule has 0 amide bonds. The van der Waals surface area contributed by atoms with Crippen LogP contribution in [0.25, 0.3) is 101 Å². The number of rotatable bonds is 15. The molecule has 0 aliphatic carbocycles. The highest BCUT2D eigenvalue weighted by molar-refractivity contribution is 6.27. The second-order valence-corrected chi connectivity index (χ2v) is 25.9. The van der Waals surface area contributed by atoms with Crippen molar-refractivity contribution in [2.45, 2.75) is 62.3 Å². The van der Waals surface area contributed by atoms with Crippen molar-refractivity contribution in [3.8, 4) is 11.1 Å². The summed E-state index contributed by atoms with van der Waals surface area (Å²) in [6.45, 7) is 19.7. The Bertz CT molecular complexity index is 5080. The molecule has 0 atom stereocenters. The van der Waals surface area contributed by atoms with Crippen LogP contribution >= 0.6 is 0 Å². The number of aryl methyl sites for hydroxylation is 5. The zero-order chi connectivity index (χ0) is 65.3. The van der Waals surface area contributed by atoms with Crippen molar-refractivity contribution in [2.24, 2.45) is 0 Å². The lowest BCUT2D eigenvalue weighted by molar-refractivity contribution is 1.30. The molecular weight excluding hydrogens is 1150 g/mol. The summed E-state index contributed by atoms with van der Waals surface area (Å²) >= 11 is 0. The predicted molar refractivity (Wildman–Crippen MR) is 415 cm³/mol. The average Bonchev–Trinajstić information content (AvgIpc) is 0.719. The summed E-state index contributed by atoms with van der Waals surface area (Å²) in [5.74, 6) is 0. The van der Waals surface area contributed by atoms with Gasteiger partial charge in [0.05, 0.1) is 11.4 Å². The summed E-state index contributed by atoms with van der Waals surface area (Å²) in [6.07, 6.45) is 9.18. The number of fused-ring (bicyclic) bond motifs is 4. The first kappa shape index (κ1) is 61.2. The number of hydrogen-bond donors (Lipinski definition) is 0. The van der Waals surface area contributed by atoms with Gasteiger partial charge in [0.25, 0.3) is 0 Å². The van der Waals surface area contributed by atoms with Crippen LogP contribution < -0.4 is 9.80 Å². The molecular formula is C93H78N2. The van der Waals surface area contributed by atoms with Crippen LogP contribution in [0.2, 0.25) is 0 Å². The SMILES string of the molecule is C/C(=C\c1ccc(N(c2ccc(/C=C(\C)c3ccc(C)cc3)cc2)c2c3ccccc3cc3c(-c4c5ccccc5c(N(c5ccc(/C=C(\C)c6ccc(C)cc6)cc5)c5ccc(/C=C(\C)c6ccc(C)cc6)cc5)c5cccc(C)c45)cccc23)cc1)c1ccc(C)cc1. The lowest BCUT2D eigenvalue weighted by atomic mass is 9.85. The molecule has 0 saturated heterocycles. The van der Waals surface area contributed by atoms with Crippen molar-refractivity contribution in [3.63, 3.8) is 0 Å². The maximum absolute atomic E-state index is 2.50. The molecule has 0 bridgehead atoms. The number of hydrogen-bond acceptors (Lipinski definition) is 2. The largest absolute Gasteiger partial charge is 0.309 e. The van der Waals surface area contributed by atoms with Crippen LogP contribution in [0, 0.1) is 34.6 Å². The van der Waals surface area contributed by atoms with Gasteiger partial charge >= 0.3 is 0 Å². The van der Waals surface area contributed by atoms with E-state index in [2.05, 4.69) is 382 Å². The Kier molecular flexibility index (Phi) is 17.0. The Balaban J connectivity index is 0.959. The van der Waals surface area contributed by atoms with Crippen molar-refractivity contribution >= 4 is 124 Å². The van der Waals surface area contributed by atoms with Crippen LogP contribution in [-0.4, -0.2) is 0 Å². The van der Waals surface area contributed by atoms with Crippen molar-refractivity contribution < 1.29 is 0 Å². The van der Waals surface area contributed by atoms with Crippen LogP contribution in [-0.2, 0) is 0 Å². The number of allylic oxidation sites excluding steroid dienone is 4. The van der Waals surface area contributed by atoms with Crippen molar-refractivity contribution in [2.75, 3.05) is 9.80 Å². The van der Waals surface area contributed by atoms with Gasteiger partial charge in [0.15, 0.2) is 0 Å². The summed E-state index contributed by atoms with van der Waals surface area (Å²) in [5.41, 5.74) is 29.6. The molecule has 0 aliphatic heterocycles. The van der Waals surface area contributed by atoms with Gasteiger partial charge in [0.2, 0.25) is 0 Å². The van der Waals surface area contributed by atoms with Crippen molar-refractivity contribution in [1.29, 1.82) is 0 Å². The van der Waals surface area contributed by atoms with E-state index in [0.29, 0.717) is 0 Å². The lowest BCUT2D eigenvalue weighted by Crippen LogP contribution is -2.12. The number of anilines is 6. The fourth-order valence-electron chi connectivity index (χ4n) is 13.7. The van der Waals surface area contributed by atoms with Crippen LogP contribution in [0.1, 0.15) is 100 Å². The first-order valence-corrected chi connectivity index (χ1v) is 33.2. The molecule has 0 spiro atoms. The third-order valence-electron chi connectivity index (χ3n) is 19.0. The molecule has 0 fully saturated rings. The molecule has 0 unspecified atom stereocenters. The molecule has 0 radical (unpaired) electrons. The molecule has 0 heterocycles. The normalized spacial score (nSPS) is 12.3. The molecule has 460 valence electrons. The Hall–Kier alpha value is -11.3. The molecule has 0 aliphatic rings. The quantitative estimate of drug-likeness (QED) is 0.0746. The molecule has 14 aromatic rings. The summed E-state index contributed by atoms with van der Waals surface area (Å²) in [6, 6.07) is 106. The monoisotopic (exact) mass is 1220 g/mol. The van der Waals surface area contributed by atoms with Gasteiger partial charge in [-0.15, -0.1) is 0 Å². The second kappa shape index (κ2) is 26.4. The Morgan fingerprint density at radius 1 is 0.263 bits per heavy atom. The second-order valence-electron chi connectivity index (χ2n) is 25.9.